The number of anilines is 1. The molecule has 0 radical (unpaired) electrons. The first kappa shape index (κ1) is 12.3. The highest BCUT2D eigenvalue weighted by molar-refractivity contribution is 6.08. The first-order valence-corrected chi connectivity index (χ1v) is 5.63. The number of aromatic nitrogens is 1. The zero-order valence-corrected chi connectivity index (χ0v) is 10.2. The number of hydrogen-bond acceptors (Lipinski definition) is 3. The number of hydrogen-bond donors (Lipinski definition) is 2. The summed E-state index contributed by atoms with van der Waals surface area (Å²) in [6.07, 6.45) is 1.49. The maximum Gasteiger partial charge on any atom is 0.270 e. The lowest BCUT2D eigenvalue weighted by Gasteiger charge is -2.10. The number of nitrogen functional groups attached to an aromatic ring is 1. The van der Waals surface area contributed by atoms with E-state index in [4.69, 9.17) is 5.73 Å². The second-order valence-electron chi connectivity index (χ2n) is 4.38. The largest absolute Gasteiger partial charge is 0.398 e. The molecule has 0 atom stereocenters. The van der Waals surface area contributed by atoms with Crippen molar-refractivity contribution in [2.45, 2.75) is 19.9 Å². The molecule has 0 unspecified atom stereocenters. The Morgan fingerprint density at radius 3 is 2.78 bits per heavy atom. The molecule has 2 rings (SSSR count). The van der Waals surface area contributed by atoms with Crippen LogP contribution in [0.2, 0.25) is 0 Å². The van der Waals surface area contributed by atoms with Crippen molar-refractivity contribution in [1.82, 2.24) is 10.3 Å². The first-order valence-electron chi connectivity index (χ1n) is 5.63. The summed E-state index contributed by atoms with van der Waals surface area (Å²) in [7, 11) is 0. The Balaban J connectivity index is 2.61. The van der Waals surface area contributed by atoms with Crippen molar-refractivity contribution in [3.63, 3.8) is 0 Å². The van der Waals surface area contributed by atoms with Gasteiger partial charge in [0, 0.05) is 28.7 Å². The Hall–Kier alpha value is -2.17. The molecule has 94 valence electrons. The van der Waals surface area contributed by atoms with Crippen LogP contribution in [-0.4, -0.2) is 16.9 Å². The second kappa shape index (κ2) is 4.60. The smallest absolute Gasteiger partial charge is 0.270 e. The zero-order chi connectivity index (χ0) is 13.3. The molecule has 0 saturated heterocycles. The lowest BCUT2D eigenvalue weighted by Crippen LogP contribution is -2.30. The predicted molar refractivity (Wildman–Crippen MR) is 68.7 cm³/mol. The molecule has 1 aromatic heterocycles. The van der Waals surface area contributed by atoms with E-state index in [0.717, 1.165) is 0 Å². The molecule has 1 aromatic carbocycles. The summed E-state index contributed by atoms with van der Waals surface area (Å²) in [4.78, 5) is 16.0. The van der Waals surface area contributed by atoms with Gasteiger partial charge in [-0.1, -0.05) is 0 Å². The van der Waals surface area contributed by atoms with Crippen molar-refractivity contribution in [3.05, 3.63) is 35.9 Å². The number of fused-ring (bicyclic) bond motifs is 1. The molecular formula is C13H14FN3O. The summed E-state index contributed by atoms with van der Waals surface area (Å²) in [6, 6.07) is 4.15. The highest BCUT2D eigenvalue weighted by atomic mass is 19.1. The third kappa shape index (κ3) is 2.25. The molecule has 1 heterocycles. The average molecular weight is 247 g/mol. The maximum atomic E-state index is 13.4. The average Bonchev–Trinajstić information content (AvgIpc) is 2.27. The van der Waals surface area contributed by atoms with E-state index in [0.29, 0.717) is 16.5 Å². The number of carbonyl (C=O) groups excluding carboxylic acids is 1. The van der Waals surface area contributed by atoms with Crippen LogP contribution in [0.25, 0.3) is 10.8 Å². The van der Waals surface area contributed by atoms with Crippen LogP contribution in [-0.2, 0) is 0 Å². The number of nitrogens with one attached hydrogen (secondary N) is 1. The van der Waals surface area contributed by atoms with Crippen LogP contribution in [0, 0.1) is 5.82 Å². The molecular weight excluding hydrogens is 233 g/mol. The fourth-order valence-electron chi connectivity index (χ4n) is 1.79. The van der Waals surface area contributed by atoms with Crippen molar-refractivity contribution in [2.24, 2.45) is 0 Å². The molecule has 3 N–H and O–H groups in total. The molecule has 4 nitrogen and oxygen atoms in total. The van der Waals surface area contributed by atoms with Crippen molar-refractivity contribution in [2.75, 3.05) is 5.73 Å². The van der Waals surface area contributed by atoms with Gasteiger partial charge in [0.15, 0.2) is 0 Å². The summed E-state index contributed by atoms with van der Waals surface area (Å²) in [5, 5.41) is 3.77. The van der Waals surface area contributed by atoms with Crippen molar-refractivity contribution in [3.8, 4) is 0 Å². The van der Waals surface area contributed by atoms with E-state index in [2.05, 4.69) is 10.3 Å². The molecule has 0 aliphatic heterocycles. The minimum atomic E-state index is -0.480. The van der Waals surface area contributed by atoms with Crippen LogP contribution >= 0.6 is 0 Å². The number of rotatable bonds is 2. The fraction of sp³-hybridized carbons (Fsp3) is 0.231. The van der Waals surface area contributed by atoms with Crippen molar-refractivity contribution in [1.29, 1.82) is 0 Å². The van der Waals surface area contributed by atoms with E-state index < -0.39 is 5.82 Å². The van der Waals surface area contributed by atoms with Gasteiger partial charge in [0.05, 0.1) is 0 Å². The highest BCUT2D eigenvalue weighted by Crippen LogP contribution is 2.24. The molecule has 1 amide bonds. The van der Waals surface area contributed by atoms with Crippen LogP contribution < -0.4 is 11.1 Å². The van der Waals surface area contributed by atoms with Gasteiger partial charge in [0.25, 0.3) is 5.91 Å². The number of benzene rings is 1. The number of pyridine rings is 1. The molecule has 0 aliphatic rings. The minimum Gasteiger partial charge on any atom is -0.398 e. The number of halogens is 1. The van der Waals surface area contributed by atoms with Crippen LogP contribution in [0.5, 0.6) is 0 Å². The third-order valence-electron chi connectivity index (χ3n) is 2.51. The third-order valence-corrected chi connectivity index (χ3v) is 2.51. The van der Waals surface area contributed by atoms with Crippen molar-refractivity contribution < 1.29 is 9.18 Å². The molecule has 0 bridgehead atoms. The Morgan fingerprint density at radius 2 is 2.11 bits per heavy atom. The lowest BCUT2D eigenvalue weighted by molar-refractivity contribution is 0.0940. The van der Waals surface area contributed by atoms with Gasteiger partial charge in [-0.25, -0.2) is 4.39 Å². The Labute approximate surface area is 104 Å². The minimum absolute atomic E-state index is 0.0135. The van der Waals surface area contributed by atoms with Gasteiger partial charge in [-0.15, -0.1) is 0 Å². The Bertz CT molecular complexity index is 610. The van der Waals surface area contributed by atoms with Gasteiger partial charge in [-0.3, -0.25) is 9.78 Å². The summed E-state index contributed by atoms with van der Waals surface area (Å²) in [6.45, 7) is 3.69. The summed E-state index contributed by atoms with van der Waals surface area (Å²) in [5.41, 5.74) is 6.21. The summed E-state index contributed by atoms with van der Waals surface area (Å²) in [5.74, 6) is -0.813. The number of amides is 1. The monoisotopic (exact) mass is 247 g/mol. The van der Waals surface area contributed by atoms with Gasteiger partial charge in [0.2, 0.25) is 0 Å². The first-order chi connectivity index (χ1) is 8.49. The van der Waals surface area contributed by atoms with E-state index in [1.165, 1.54) is 18.3 Å². The molecule has 2 aromatic rings. The maximum absolute atomic E-state index is 13.4. The van der Waals surface area contributed by atoms with Gasteiger partial charge >= 0.3 is 0 Å². The molecule has 0 spiro atoms. The number of carbonyl (C=O) groups is 1. The number of nitrogens with zero attached hydrogens (tertiary/aromatic N) is 1. The molecule has 5 heteroatoms. The Kier molecular flexibility index (Phi) is 3.14. The van der Waals surface area contributed by atoms with Crippen LogP contribution in [0.3, 0.4) is 0 Å². The standard InChI is InChI=1S/C13H14FN3O/c1-7(2)17-13(18)12-10-5-8(14)6-11(15)9(10)3-4-16-12/h3-7H,15H2,1-2H3,(H,17,18). The van der Waals surface area contributed by atoms with Crippen LogP contribution in [0.1, 0.15) is 24.3 Å². The molecule has 18 heavy (non-hydrogen) atoms. The van der Waals surface area contributed by atoms with Gasteiger partial charge in [-0.05, 0) is 32.0 Å². The lowest BCUT2D eigenvalue weighted by atomic mass is 10.1. The van der Waals surface area contributed by atoms with E-state index in [1.807, 2.05) is 13.8 Å². The van der Waals surface area contributed by atoms with E-state index >= 15 is 0 Å². The summed E-state index contributed by atoms with van der Waals surface area (Å²) < 4.78 is 13.4. The van der Waals surface area contributed by atoms with Gasteiger partial charge in [0.1, 0.15) is 11.5 Å². The van der Waals surface area contributed by atoms with E-state index in [1.54, 1.807) is 6.07 Å². The summed E-state index contributed by atoms with van der Waals surface area (Å²) >= 11 is 0. The molecule has 0 aliphatic carbocycles. The zero-order valence-electron chi connectivity index (χ0n) is 10.2. The van der Waals surface area contributed by atoms with Crippen LogP contribution in [0.4, 0.5) is 10.1 Å². The SMILES string of the molecule is CC(C)NC(=O)c1nccc2c(N)cc(F)cc12. The van der Waals surface area contributed by atoms with Gasteiger partial charge < -0.3 is 11.1 Å². The predicted octanol–water partition coefficient (Wildman–Crippen LogP) is 2.09. The number of nitrogens with two attached hydrogens (primary N) is 1. The quantitative estimate of drug-likeness (QED) is 0.798. The fourth-order valence-corrected chi connectivity index (χ4v) is 1.79. The molecule has 0 saturated carbocycles. The topological polar surface area (TPSA) is 68.0 Å². The van der Waals surface area contributed by atoms with E-state index in [-0.39, 0.29) is 17.6 Å². The van der Waals surface area contributed by atoms with Gasteiger partial charge in [-0.2, -0.15) is 0 Å². The molecule has 0 fully saturated rings. The highest BCUT2D eigenvalue weighted by Gasteiger charge is 2.14. The Morgan fingerprint density at radius 1 is 1.39 bits per heavy atom. The van der Waals surface area contributed by atoms with E-state index in [9.17, 15) is 9.18 Å². The normalized spacial score (nSPS) is 10.9. The second-order valence-corrected chi connectivity index (χ2v) is 4.38. The van der Waals surface area contributed by atoms with Crippen molar-refractivity contribution >= 4 is 22.4 Å². The van der Waals surface area contributed by atoms with Crippen LogP contribution in [0.15, 0.2) is 24.4 Å².